The third kappa shape index (κ3) is 7.94. The molecule has 14 heteroatoms. The Morgan fingerprint density at radius 3 is 2.68 bits per heavy atom. The van der Waals surface area contributed by atoms with E-state index in [4.69, 9.17) is 0 Å². The first-order valence-corrected chi connectivity index (χ1v) is 16.5. The number of nitrogens with zero attached hydrogens (tertiary/aromatic N) is 4. The van der Waals surface area contributed by atoms with Crippen LogP contribution >= 0.6 is 11.8 Å². The summed E-state index contributed by atoms with van der Waals surface area (Å²) in [7, 11) is -3.74. The highest BCUT2D eigenvalue weighted by Crippen LogP contribution is 2.22. The van der Waals surface area contributed by atoms with Gasteiger partial charge in [0.15, 0.2) is 5.65 Å². The standard InChI is InChI=1S/C30H36N8O4S2/c1-20-35-36-27(43-20)18-32-29(40)22-15-25-28(31-16-22)38(19-33-25)13-12-30(2,3)34-17-26(39)21-8-7-9-23(14-21)37-44(41,42)24-10-5-4-6-11-24/h4-11,14-16,19-20,26,34-35,37,39H,12-13,17-18H2,1-3H3,(H,32,40)/t20?,26-/m0/s1. The molecule has 2 atom stereocenters. The van der Waals surface area contributed by atoms with Crippen molar-refractivity contribution < 1.29 is 18.3 Å². The summed E-state index contributed by atoms with van der Waals surface area (Å²) in [6, 6.07) is 16.6. The molecule has 4 aromatic rings. The Morgan fingerprint density at radius 2 is 1.93 bits per heavy atom. The number of nitrogens with one attached hydrogen (secondary N) is 4. The number of fused-ring (bicyclic) bond motifs is 1. The first kappa shape index (κ1) is 31.4. The molecule has 0 fully saturated rings. The van der Waals surface area contributed by atoms with Crippen molar-refractivity contribution in [1.82, 2.24) is 30.6 Å². The van der Waals surface area contributed by atoms with E-state index in [1.54, 1.807) is 72.8 Å². The van der Waals surface area contributed by atoms with Crippen LogP contribution in [-0.2, 0) is 16.6 Å². The van der Waals surface area contributed by atoms with Gasteiger partial charge in [-0.15, -0.1) is 0 Å². The molecule has 5 rings (SSSR count). The molecule has 1 aliphatic rings. The molecule has 2 aromatic heterocycles. The lowest BCUT2D eigenvalue weighted by atomic mass is 9.99. The zero-order chi connectivity index (χ0) is 31.3. The van der Waals surface area contributed by atoms with Crippen molar-refractivity contribution in [3.8, 4) is 0 Å². The van der Waals surface area contributed by atoms with Gasteiger partial charge in [0.25, 0.3) is 15.9 Å². The van der Waals surface area contributed by atoms with Gasteiger partial charge in [-0.2, -0.15) is 5.10 Å². The highest BCUT2D eigenvalue weighted by molar-refractivity contribution is 8.14. The van der Waals surface area contributed by atoms with Crippen molar-refractivity contribution in [2.75, 3.05) is 17.8 Å². The van der Waals surface area contributed by atoms with Gasteiger partial charge in [-0.1, -0.05) is 42.1 Å². The van der Waals surface area contributed by atoms with Crippen molar-refractivity contribution in [2.45, 2.75) is 55.6 Å². The minimum Gasteiger partial charge on any atom is -0.387 e. The number of aliphatic hydroxyl groups excluding tert-OH is 1. The van der Waals surface area contributed by atoms with Gasteiger partial charge in [0.2, 0.25) is 0 Å². The van der Waals surface area contributed by atoms with Crippen LogP contribution in [0.15, 0.2) is 83.2 Å². The van der Waals surface area contributed by atoms with Crippen LogP contribution in [0.3, 0.4) is 0 Å². The molecule has 12 nitrogen and oxygen atoms in total. The molecule has 44 heavy (non-hydrogen) atoms. The Labute approximate surface area is 260 Å². The Balaban J connectivity index is 1.13. The first-order chi connectivity index (χ1) is 21.0. The van der Waals surface area contributed by atoms with E-state index in [0.717, 1.165) is 5.04 Å². The van der Waals surface area contributed by atoms with Crippen LogP contribution in [0.1, 0.15) is 49.2 Å². The monoisotopic (exact) mass is 636 g/mol. The largest absolute Gasteiger partial charge is 0.387 e. The van der Waals surface area contributed by atoms with E-state index in [-0.39, 0.29) is 28.3 Å². The number of anilines is 1. The second-order valence-corrected chi connectivity index (χ2v) is 14.3. The smallest absolute Gasteiger partial charge is 0.261 e. The number of pyridine rings is 1. The topological polar surface area (TPSA) is 163 Å². The molecule has 0 bridgehead atoms. The van der Waals surface area contributed by atoms with E-state index >= 15 is 0 Å². The number of benzene rings is 2. The number of aryl methyl sites for hydroxylation is 1. The number of imidazole rings is 1. The van der Waals surface area contributed by atoms with E-state index in [2.05, 4.69) is 35.9 Å². The minimum atomic E-state index is -3.74. The van der Waals surface area contributed by atoms with Crippen molar-refractivity contribution in [3.63, 3.8) is 0 Å². The molecule has 3 heterocycles. The van der Waals surface area contributed by atoms with Gasteiger partial charge in [0.05, 0.1) is 34.8 Å². The quantitative estimate of drug-likeness (QED) is 0.148. The average Bonchev–Trinajstić information content (AvgIpc) is 3.63. The number of rotatable bonds is 13. The van der Waals surface area contributed by atoms with Gasteiger partial charge in [0.1, 0.15) is 10.6 Å². The fourth-order valence-electron chi connectivity index (χ4n) is 4.60. The number of aromatic nitrogens is 3. The second-order valence-electron chi connectivity index (χ2n) is 11.2. The van der Waals surface area contributed by atoms with Gasteiger partial charge in [-0.3, -0.25) is 14.9 Å². The molecule has 1 unspecified atom stereocenters. The second kappa shape index (κ2) is 13.3. The average molecular weight is 637 g/mol. The van der Waals surface area contributed by atoms with Crippen molar-refractivity contribution in [2.24, 2.45) is 5.10 Å². The van der Waals surface area contributed by atoms with Crippen molar-refractivity contribution in [1.29, 1.82) is 0 Å². The number of hydrogen-bond acceptors (Lipinski definition) is 10. The summed E-state index contributed by atoms with van der Waals surface area (Å²) in [6.07, 6.45) is 3.12. The number of amides is 1. The van der Waals surface area contributed by atoms with E-state index in [0.29, 0.717) is 47.5 Å². The minimum absolute atomic E-state index is 0.165. The summed E-state index contributed by atoms with van der Waals surface area (Å²) in [5, 5.41) is 22.4. The molecular formula is C30H36N8O4S2. The number of hydrazone groups is 1. The van der Waals surface area contributed by atoms with Gasteiger partial charge in [0, 0.05) is 30.5 Å². The van der Waals surface area contributed by atoms with E-state index in [1.807, 2.05) is 25.3 Å². The predicted octanol–water partition coefficient (Wildman–Crippen LogP) is 3.45. The lowest BCUT2D eigenvalue weighted by molar-refractivity contribution is 0.0959. The summed E-state index contributed by atoms with van der Waals surface area (Å²) in [5.74, 6) is -0.236. The zero-order valence-corrected chi connectivity index (χ0v) is 26.3. The van der Waals surface area contributed by atoms with E-state index < -0.39 is 16.1 Å². The highest BCUT2D eigenvalue weighted by Gasteiger charge is 2.21. The van der Waals surface area contributed by atoms with Gasteiger partial charge in [-0.05, 0) is 63.1 Å². The van der Waals surface area contributed by atoms with Crippen LogP contribution in [0.2, 0.25) is 0 Å². The van der Waals surface area contributed by atoms with E-state index in [1.165, 1.54) is 12.1 Å². The number of sulfonamides is 1. The van der Waals surface area contributed by atoms with Gasteiger partial charge < -0.3 is 20.3 Å². The van der Waals surface area contributed by atoms with Crippen LogP contribution < -0.4 is 20.8 Å². The number of hydrogen-bond donors (Lipinski definition) is 5. The summed E-state index contributed by atoms with van der Waals surface area (Å²) in [5.41, 5.74) is 5.31. The predicted molar refractivity (Wildman–Crippen MR) is 173 cm³/mol. The maximum absolute atomic E-state index is 12.7. The van der Waals surface area contributed by atoms with Gasteiger partial charge in [-0.25, -0.2) is 18.4 Å². The lowest BCUT2D eigenvalue weighted by Gasteiger charge is -2.28. The fraction of sp³-hybridized carbons (Fsp3) is 0.333. The maximum Gasteiger partial charge on any atom is 0.261 e. The van der Waals surface area contributed by atoms with Crippen LogP contribution in [0.4, 0.5) is 5.69 Å². The lowest BCUT2D eigenvalue weighted by Crippen LogP contribution is -2.42. The summed E-state index contributed by atoms with van der Waals surface area (Å²) in [4.78, 5) is 21.7. The van der Waals surface area contributed by atoms with Crippen LogP contribution in [-0.4, -0.2) is 63.0 Å². The summed E-state index contributed by atoms with van der Waals surface area (Å²) >= 11 is 1.57. The summed E-state index contributed by atoms with van der Waals surface area (Å²) < 4.78 is 29.9. The Hall–Kier alpha value is -3.98. The highest BCUT2D eigenvalue weighted by atomic mass is 32.2. The first-order valence-electron chi connectivity index (χ1n) is 14.2. The Kier molecular flexibility index (Phi) is 9.53. The van der Waals surface area contributed by atoms with Crippen LogP contribution in [0.25, 0.3) is 11.2 Å². The number of β-amino-alcohol motifs (C(OH)–C–C–N with tert-alkyl or cyclic N) is 1. The molecule has 2 aromatic carbocycles. The molecular weight excluding hydrogens is 601 g/mol. The number of thioether (sulfide) groups is 1. The third-order valence-corrected chi connectivity index (χ3v) is 9.49. The van der Waals surface area contributed by atoms with Gasteiger partial charge >= 0.3 is 0 Å². The van der Waals surface area contributed by atoms with Crippen molar-refractivity contribution in [3.05, 3.63) is 84.3 Å². The van der Waals surface area contributed by atoms with Crippen LogP contribution in [0, 0.1) is 0 Å². The molecule has 232 valence electrons. The number of carbonyl (C=O) groups excluding carboxylic acids is 1. The molecule has 0 radical (unpaired) electrons. The Morgan fingerprint density at radius 1 is 1.14 bits per heavy atom. The molecule has 1 amide bonds. The molecule has 1 aliphatic heterocycles. The zero-order valence-electron chi connectivity index (χ0n) is 24.7. The molecule has 0 aliphatic carbocycles. The molecule has 0 saturated heterocycles. The van der Waals surface area contributed by atoms with Crippen molar-refractivity contribution >= 4 is 49.6 Å². The molecule has 5 N–H and O–H groups in total. The summed E-state index contributed by atoms with van der Waals surface area (Å²) in [6.45, 7) is 7.32. The molecule has 0 spiro atoms. The fourth-order valence-corrected chi connectivity index (χ4v) is 6.44. The number of aliphatic hydroxyl groups is 1. The van der Waals surface area contributed by atoms with Crippen LogP contribution in [0.5, 0.6) is 0 Å². The SMILES string of the molecule is CC1NN=C(CNC(=O)c2cnc3c(c2)ncn3CCC(C)(C)NC[C@H](O)c2cccc(NS(=O)(=O)c3ccccc3)c2)S1. The third-order valence-electron chi connectivity index (χ3n) is 7.13. The Bertz CT molecular complexity index is 1760. The molecule has 0 saturated carbocycles. The normalized spacial score (nSPS) is 15.9. The number of carbonyl (C=O) groups is 1. The maximum atomic E-state index is 12.7. The van der Waals surface area contributed by atoms with E-state index in [9.17, 15) is 18.3 Å².